The van der Waals surface area contributed by atoms with Gasteiger partial charge in [0, 0.05) is 19.0 Å². The van der Waals surface area contributed by atoms with E-state index in [1.807, 2.05) is 19.1 Å². The van der Waals surface area contributed by atoms with Gasteiger partial charge in [-0.2, -0.15) is 0 Å². The fourth-order valence-corrected chi connectivity index (χ4v) is 3.22. The molecule has 134 valence electrons. The highest BCUT2D eigenvalue weighted by atomic mass is 16.5. The zero-order valence-electron chi connectivity index (χ0n) is 14.2. The summed E-state index contributed by atoms with van der Waals surface area (Å²) in [4.78, 5) is 39.2. The first-order valence-electron chi connectivity index (χ1n) is 8.55. The number of hydrogen-bond donors (Lipinski definition) is 1. The number of ether oxygens (including phenoxy) is 1. The molecule has 0 bridgehead atoms. The van der Waals surface area contributed by atoms with Crippen LogP contribution in [0.15, 0.2) is 24.3 Å². The van der Waals surface area contributed by atoms with Crippen molar-refractivity contribution in [1.82, 2.24) is 4.90 Å². The first kappa shape index (κ1) is 17.3. The number of carbonyl (C=O) groups excluding carboxylic acids is 2. The minimum atomic E-state index is -1.02. The van der Waals surface area contributed by atoms with Crippen LogP contribution in [0.3, 0.4) is 0 Å². The van der Waals surface area contributed by atoms with Gasteiger partial charge in [-0.25, -0.2) is 0 Å². The summed E-state index contributed by atoms with van der Waals surface area (Å²) in [6, 6.07) is 7.25. The summed E-state index contributed by atoms with van der Waals surface area (Å²) in [5.74, 6) is -1.31. The number of para-hydroxylation sites is 2. The van der Waals surface area contributed by atoms with Crippen LogP contribution < -0.4 is 9.64 Å². The summed E-state index contributed by atoms with van der Waals surface area (Å²) >= 11 is 0. The van der Waals surface area contributed by atoms with Crippen LogP contribution in [0.5, 0.6) is 5.75 Å². The second-order valence-corrected chi connectivity index (χ2v) is 6.40. The van der Waals surface area contributed by atoms with E-state index in [0.717, 1.165) is 12.8 Å². The predicted octanol–water partition coefficient (Wildman–Crippen LogP) is 1.51. The maximum Gasteiger partial charge on any atom is 0.323 e. The molecule has 0 spiro atoms. The lowest BCUT2D eigenvalue weighted by Crippen LogP contribution is -2.42. The molecular weight excluding hydrogens is 324 g/mol. The van der Waals surface area contributed by atoms with E-state index in [1.54, 1.807) is 17.0 Å². The summed E-state index contributed by atoms with van der Waals surface area (Å²) in [7, 11) is 0. The van der Waals surface area contributed by atoms with E-state index in [2.05, 4.69) is 0 Å². The van der Waals surface area contributed by atoms with Crippen LogP contribution in [0.25, 0.3) is 0 Å². The zero-order chi connectivity index (χ0) is 18.0. The van der Waals surface area contributed by atoms with Crippen LogP contribution in [0.2, 0.25) is 0 Å². The average Bonchev–Trinajstić information content (AvgIpc) is 3.35. The lowest BCUT2D eigenvalue weighted by Gasteiger charge is -2.24. The Morgan fingerprint density at radius 3 is 2.68 bits per heavy atom. The molecule has 1 aromatic carbocycles. The second-order valence-electron chi connectivity index (χ2n) is 6.40. The molecule has 1 atom stereocenters. The summed E-state index contributed by atoms with van der Waals surface area (Å²) in [5.41, 5.74) is 0.654. The van der Waals surface area contributed by atoms with Crippen LogP contribution in [0, 0.1) is 5.92 Å². The molecule has 2 fully saturated rings. The molecule has 1 aromatic rings. The van der Waals surface area contributed by atoms with Gasteiger partial charge in [0.2, 0.25) is 11.8 Å². The van der Waals surface area contributed by atoms with Crippen molar-refractivity contribution < 1.29 is 24.2 Å². The molecule has 1 aliphatic heterocycles. The minimum Gasteiger partial charge on any atom is -0.492 e. The van der Waals surface area contributed by atoms with E-state index in [9.17, 15) is 14.4 Å². The van der Waals surface area contributed by atoms with Crippen LogP contribution >= 0.6 is 0 Å². The van der Waals surface area contributed by atoms with Gasteiger partial charge < -0.3 is 19.6 Å². The number of hydrogen-bond acceptors (Lipinski definition) is 4. The van der Waals surface area contributed by atoms with Gasteiger partial charge in [0.25, 0.3) is 0 Å². The highest BCUT2D eigenvalue weighted by molar-refractivity contribution is 6.01. The monoisotopic (exact) mass is 346 g/mol. The van der Waals surface area contributed by atoms with E-state index in [-0.39, 0.29) is 37.4 Å². The van der Waals surface area contributed by atoms with Crippen molar-refractivity contribution in [1.29, 1.82) is 0 Å². The zero-order valence-corrected chi connectivity index (χ0v) is 14.2. The van der Waals surface area contributed by atoms with Gasteiger partial charge in [0.15, 0.2) is 0 Å². The van der Waals surface area contributed by atoms with Crippen molar-refractivity contribution in [3.05, 3.63) is 24.3 Å². The second kappa shape index (κ2) is 7.13. The molecule has 3 rings (SSSR count). The topological polar surface area (TPSA) is 87.2 Å². The third kappa shape index (κ3) is 3.75. The molecule has 1 N–H and O–H groups in total. The first-order chi connectivity index (χ1) is 12.0. The van der Waals surface area contributed by atoms with Crippen molar-refractivity contribution in [2.24, 2.45) is 5.92 Å². The molecule has 7 heteroatoms. The average molecular weight is 346 g/mol. The molecule has 2 amide bonds. The van der Waals surface area contributed by atoms with Crippen molar-refractivity contribution in [2.75, 3.05) is 24.6 Å². The quantitative estimate of drug-likeness (QED) is 0.809. The Morgan fingerprint density at radius 1 is 1.32 bits per heavy atom. The lowest BCUT2D eigenvalue weighted by molar-refractivity contribution is -0.146. The highest BCUT2D eigenvalue weighted by Gasteiger charge is 2.42. The van der Waals surface area contributed by atoms with Crippen molar-refractivity contribution >= 4 is 23.5 Å². The molecule has 1 saturated heterocycles. The van der Waals surface area contributed by atoms with Gasteiger partial charge in [-0.15, -0.1) is 0 Å². The number of nitrogens with zero attached hydrogens (tertiary/aromatic N) is 2. The summed E-state index contributed by atoms with van der Waals surface area (Å²) in [6.07, 6.45) is 1.76. The van der Waals surface area contributed by atoms with Gasteiger partial charge in [0.1, 0.15) is 12.3 Å². The Hall–Kier alpha value is -2.57. The summed E-state index contributed by atoms with van der Waals surface area (Å²) in [5, 5.41) is 9.04. The number of amides is 2. The van der Waals surface area contributed by atoms with Crippen LogP contribution in [0.4, 0.5) is 5.69 Å². The largest absolute Gasteiger partial charge is 0.492 e. The van der Waals surface area contributed by atoms with E-state index < -0.39 is 11.9 Å². The van der Waals surface area contributed by atoms with E-state index in [4.69, 9.17) is 9.84 Å². The SMILES string of the molecule is CCOc1ccccc1N1CC(C(=O)N(CC(=O)O)C2CC2)CC1=O. The summed E-state index contributed by atoms with van der Waals surface area (Å²) in [6.45, 7) is 2.30. The van der Waals surface area contributed by atoms with Gasteiger partial charge in [-0.05, 0) is 31.9 Å². The Kier molecular flexibility index (Phi) is 4.92. The van der Waals surface area contributed by atoms with E-state index in [0.29, 0.717) is 18.0 Å². The Balaban J connectivity index is 1.76. The smallest absolute Gasteiger partial charge is 0.323 e. The number of rotatable bonds is 7. The van der Waals surface area contributed by atoms with Crippen molar-refractivity contribution in [3.8, 4) is 5.75 Å². The standard InChI is InChI=1S/C18H22N2O5/c1-2-25-15-6-4-3-5-14(15)20-10-12(9-16(20)21)18(24)19(11-17(22)23)13-7-8-13/h3-6,12-13H,2,7-11H2,1H3,(H,22,23). The molecule has 1 saturated carbocycles. The van der Waals surface area contributed by atoms with Gasteiger partial charge in [0.05, 0.1) is 18.2 Å². The molecule has 0 radical (unpaired) electrons. The summed E-state index contributed by atoms with van der Waals surface area (Å²) < 4.78 is 5.57. The molecule has 0 aromatic heterocycles. The molecular formula is C18H22N2O5. The fraction of sp³-hybridized carbons (Fsp3) is 0.500. The number of carboxylic acids is 1. The lowest BCUT2D eigenvalue weighted by atomic mass is 10.1. The number of carboxylic acid groups (broad SMARTS) is 1. The maximum atomic E-state index is 12.7. The van der Waals surface area contributed by atoms with Crippen molar-refractivity contribution in [2.45, 2.75) is 32.2 Å². The van der Waals surface area contributed by atoms with Gasteiger partial charge >= 0.3 is 5.97 Å². The third-order valence-corrected chi connectivity index (χ3v) is 4.51. The van der Waals surface area contributed by atoms with E-state index in [1.165, 1.54) is 4.90 Å². The molecule has 7 nitrogen and oxygen atoms in total. The molecule has 1 unspecified atom stereocenters. The number of benzene rings is 1. The minimum absolute atomic E-state index is 0.00321. The molecule has 25 heavy (non-hydrogen) atoms. The normalized spacial score (nSPS) is 19.8. The Bertz CT molecular complexity index is 686. The Morgan fingerprint density at radius 2 is 2.04 bits per heavy atom. The van der Waals surface area contributed by atoms with Crippen LogP contribution in [-0.2, 0) is 14.4 Å². The third-order valence-electron chi connectivity index (χ3n) is 4.51. The molecule has 2 aliphatic rings. The fourth-order valence-electron chi connectivity index (χ4n) is 3.22. The number of carbonyl (C=O) groups is 3. The first-order valence-corrected chi connectivity index (χ1v) is 8.55. The Labute approximate surface area is 146 Å². The number of aliphatic carboxylic acids is 1. The number of anilines is 1. The van der Waals surface area contributed by atoms with Gasteiger partial charge in [-0.3, -0.25) is 14.4 Å². The van der Waals surface area contributed by atoms with Crippen molar-refractivity contribution in [3.63, 3.8) is 0 Å². The maximum absolute atomic E-state index is 12.7. The van der Waals surface area contributed by atoms with Gasteiger partial charge in [-0.1, -0.05) is 12.1 Å². The van der Waals surface area contributed by atoms with Crippen LogP contribution in [-0.4, -0.2) is 53.5 Å². The molecule has 1 heterocycles. The van der Waals surface area contributed by atoms with Crippen LogP contribution in [0.1, 0.15) is 26.2 Å². The molecule has 1 aliphatic carbocycles. The predicted molar refractivity (Wildman–Crippen MR) is 90.4 cm³/mol. The van der Waals surface area contributed by atoms with E-state index >= 15 is 0 Å². The highest BCUT2D eigenvalue weighted by Crippen LogP contribution is 2.35.